The Hall–Kier alpha value is -4.99. The van der Waals surface area contributed by atoms with Gasteiger partial charge in [0.05, 0.1) is 19.1 Å². The van der Waals surface area contributed by atoms with Crippen molar-refractivity contribution in [3.05, 3.63) is 131 Å². The second-order valence-corrected chi connectivity index (χ2v) is 15.2. The molecule has 1 heterocycles. The van der Waals surface area contributed by atoms with Crippen LogP contribution in [0.2, 0.25) is 0 Å². The van der Waals surface area contributed by atoms with Gasteiger partial charge in [0, 0.05) is 42.9 Å². The number of alkyl carbamates (subject to hydrolysis) is 1. The zero-order valence-electron chi connectivity index (χ0n) is 31.6. The highest BCUT2D eigenvalue weighted by Crippen LogP contribution is 2.29. The van der Waals surface area contributed by atoms with Crippen molar-refractivity contribution in [3.8, 4) is 16.9 Å². The van der Waals surface area contributed by atoms with E-state index in [1.807, 2.05) is 75.4 Å². The summed E-state index contributed by atoms with van der Waals surface area (Å²) in [7, 11) is 0. The molecular weight excluding hydrogens is 671 g/mol. The van der Waals surface area contributed by atoms with Crippen molar-refractivity contribution in [2.24, 2.45) is 0 Å². The highest BCUT2D eigenvalue weighted by molar-refractivity contribution is 5.74. The van der Waals surface area contributed by atoms with Crippen LogP contribution < -0.4 is 10.1 Å². The Kier molecular flexibility index (Phi) is 13.1. The van der Waals surface area contributed by atoms with E-state index in [0.717, 1.165) is 30.8 Å². The summed E-state index contributed by atoms with van der Waals surface area (Å²) >= 11 is 0. The van der Waals surface area contributed by atoms with Gasteiger partial charge in [-0.3, -0.25) is 9.69 Å². The third-order valence-electron chi connectivity index (χ3n) is 8.28. The molecule has 8 nitrogen and oxygen atoms in total. The number of nitrogens with one attached hydrogen (secondary N) is 1. The molecule has 0 saturated carbocycles. The average Bonchev–Trinajstić information content (AvgIpc) is 3.09. The fourth-order valence-electron chi connectivity index (χ4n) is 6.01. The zero-order valence-corrected chi connectivity index (χ0v) is 31.6. The molecular formula is C44H51FN2O6. The molecule has 1 amide bonds. The number of ether oxygens (including phenoxy) is 4. The molecule has 1 aliphatic rings. The van der Waals surface area contributed by atoms with Crippen molar-refractivity contribution >= 4 is 18.1 Å². The van der Waals surface area contributed by atoms with Gasteiger partial charge < -0.3 is 24.3 Å². The summed E-state index contributed by atoms with van der Waals surface area (Å²) in [4.78, 5) is 27.4. The first-order valence-electron chi connectivity index (χ1n) is 18.1. The van der Waals surface area contributed by atoms with E-state index in [1.165, 1.54) is 5.56 Å². The summed E-state index contributed by atoms with van der Waals surface area (Å²) in [6, 6.07) is 28.8. The molecule has 0 aliphatic carbocycles. The number of carbonyl (C=O) groups excluding carboxylic acids is 2. The highest BCUT2D eigenvalue weighted by atomic mass is 19.1. The molecule has 0 spiro atoms. The summed E-state index contributed by atoms with van der Waals surface area (Å²) < 4.78 is 39.4. The second kappa shape index (κ2) is 17.7. The van der Waals surface area contributed by atoms with E-state index >= 15 is 4.39 Å². The number of nitrogens with zero attached hydrogens (tertiary/aromatic N) is 1. The van der Waals surface area contributed by atoms with Crippen molar-refractivity contribution < 1.29 is 32.9 Å². The van der Waals surface area contributed by atoms with Crippen LogP contribution in [0, 0.1) is 5.82 Å². The smallest absolute Gasteiger partial charge is 0.407 e. The van der Waals surface area contributed by atoms with E-state index < -0.39 is 23.1 Å². The Morgan fingerprint density at radius 2 is 1.58 bits per heavy atom. The van der Waals surface area contributed by atoms with Crippen LogP contribution >= 0.6 is 0 Å². The molecule has 53 heavy (non-hydrogen) atoms. The minimum Gasteiger partial charge on any atom is -0.489 e. The Morgan fingerprint density at radius 3 is 2.34 bits per heavy atom. The maximum absolute atomic E-state index is 16.1. The monoisotopic (exact) mass is 722 g/mol. The van der Waals surface area contributed by atoms with Crippen LogP contribution in [0.5, 0.6) is 5.75 Å². The van der Waals surface area contributed by atoms with E-state index in [1.54, 1.807) is 39.0 Å². The first-order chi connectivity index (χ1) is 25.2. The predicted octanol–water partition coefficient (Wildman–Crippen LogP) is 8.89. The number of benzene rings is 4. The van der Waals surface area contributed by atoms with Gasteiger partial charge in [-0.1, -0.05) is 78.9 Å². The van der Waals surface area contributed by atoms with Crippen molar-refractivity contribution in [1.29, 1.82) is 0 Å². The van der Waals surface area contributed by atoms with Crippen molar-refractivity contribution in [1.82, 2.24) is 10.2 Å². The number of morpholine rings is 1. The third-order valence-corrected chi connectivity index (χ3v) is 8.28. The molecule has 9 heteroatoms. The van der Waals surface area contributed by atoms with Crippen LogP contribution in [-0.2, 0) is 45.1 Å². The van der Waals surface area contributed by atoms with Gasteiger partial charge in [-0.15, -0.1) is 0 Å². The Balaban J connectivity index is 1.39. The molecule has 280 valence electrons. The number of rotatable bonds is 12. The molecule has 4 aromatic carbocycles. The number of hydrogen-bond donors (Lipinski definition) is 1. The predicted molar refractivity (Wildman–Crippen MR) is 206 cm³/mol. The standard InChI is InChI=1S/C44H51FN2O6/c1-43(2,3)52-40(48)26-34-15-10-11-18-39(34)51-30-33-23-32(19-20-37-29-47(21-22-50-37)28-31-13-8-7-9-14-31)24-36(25-33)38-17-12-16-35(41(38)45)27-46-42(49)53-44(4,5)6/h7-20,23-25,37H,21-22,26-30H2,1-6H3,(H,46,49)/b20-19+. The SMILES string of the molecule is CC(C)(C)OC(=O)Cc1ccccc1OCc1cc(/C=C/C2CN(Cc3ccccc3)CCO2)cc(-c2cccc(CNC(=O)OC(C)(C)C)c2F)c1. The van der Waals surface area contributed by atoms with Gasteiger partial charge in [0.15, 0.2) is 0 Å². The molecule has 4 aromatic rings. The van der Waals surface area contributed by atoms with Crippen molar-refractivity contribution in [2.75, 3.05) is 19.7 Å². The van der Waals surface area contributed by atoms with Gasteiger partial charge in [-0.05, 0) is 88.1 Å². The second-order valence-electron chi connectivity index (χ2n) is 15.2. The van der Waals surface area contributed by atoms with Gasteiger partial charge in [0.25, 0.3) is 0 Å². The summed E-state index contributed by atoms with van der Waals surface area (Å²) in [6.07, 6.45) is 3.39. The van der Waals surface area contributed by atoms with E-state index in [4.69, 9.17) is 18.9 Å². The van der Waals surface area contributed by atoms with Crippen LogP contribution in [0.1, 0.15) is 69.4 Å². The Labute approximate surface area is 312 Å². The molecule has 1 saturated heterocycles. The summed E-state index contributed by atoms with van der Waals surface area (Å²) in [5.41, 5.74) is 3.73. The molecule has 1 unspecified atom stereocenters. The molecule has 0 bridgehead atoms. The van der Waals surface area contributed by atoms with E-state index in [9.17, 15) is 9.59 Å². The molecule has 1 atom stereocenters. The molecule has 1 N–H and O–H groups in total. The Bertz CT molecular complexity index is 1880. The number of halogens is 1. The van der Waals surface area contributed by atoms with Crippen molar-refractivity contribution in [3.63, 3.8) is 0 Å². The van der Waals surface area contributed by atoms with Gasteiger partial charge >= 0.3 is 12.1 Å². The fraction of sp³-hybridized carbons (Fsp3) is 0.364. The number of carbonyl (C=O) groups is 2. The van der Waals surface area contributed by atoms with E-state index in [2.05, 4.69) is 40.6 Å². The van der Waals surface area contributed by atoms with Gasteiger partial charge in [0.2, 0.25) is 0 Å². The van der Waals surface area contributed by atoms with Gasteiger partial charge in [-0.25, -0.2) is 9.18 Å². The molecule has 1 aliphatic heterocycles. The number of para-hydroxylation sites is 1. The minimum atomic E-state index is -0.671. The van der Waals surface area contributed by atoms with Crippen LogP contribution in [0.25, 0.3) is 17.2 Å². The molecule has 0 aromatic heterocycles. The maximum Gasteiger partial charge on any atom is 0.407 e. The lowest BCUT2D eigenvalue weighted by atomic mass is 9.97. The first kappa shape index (κ1) is 39.2. The third kappa shape index (κ3) is 12.6. The van der Waals surface area contributed by atoms with Crippen LogP contribution in [0.4, 0.5) is 9.18 Å². The quantitative estimate of drug-likeness (QED) is 0.146. The largest absolute Gasteiger partial charge is 0.489 e. The fourth-order valence-corrected chi connectivity index (χ4v) is 6.01. The topological polar surface area (TPSA) is 86.3 Å². The van der Waals surface area contributed by atoms with E-state index in [0.29, 0.717) is 34.6 Å². The number of hydrogen-bond acceptors (Lipinski definition) is 7. The zero-order chi connectivity index (χ0) is 38.0. The van der Waals surface area contributed by atoms with Crippen LogP contribution in [-0.4, -0.2) is 54.0 Å². The summed E-state index contributed by atoms with van der Waals surface area (Å²) in [5.74, 6) is -0.213. The average molecular weight is 723 g/mol. The molecule has 0 radical (unpaired) electrons. The first-order valence-corrected chi connectivity index (χ1v) is 18.1. The minimum absolute atomic E-state index is 0.0307. The van der Waals surface area contributed by atoms with Crippen molar-refractivity contribution in [2.45, 2.75) is 85.0 Å². The number of amides is 1. The van der Waals surface area contributed by atoms with Gasteiger partial charge in [0.1, 0.15) is 29.4 Å². The molecule has 1 fully saturated rings. The Morgan fingerprint density at radius 1 is 0.868 bits per heavy atom. The lowest BCUT2D eigenvalue weighted by Gasteiger charge is -2.31. The lowest BCUT2D eigenvalue weighted by Crippen LogP contribution is -2.41. The number of esters is 1. The summed E-state index contributed by atoms with van der Waals surface area (Å²) in [6.45, 7) is 14.0. The highest BCUT2D eigenvalue weighted by Gasteiger charge is 2.21. The lowest BCUT2D eigenvalue weighted by molar-refractivity contribution is -0.153. The molecule has 5 rings (SSSR count). The van der Waals surface area contributed by atoms with Gasteiger partial charge in [-0.2, -0.15) is 0 Å². The van der Waals surface area contributed by atoms with Crippen LogP contribution in [0.15, 0.2) is 97.1 Å². The van der Waals surface area contributed by atoms with E-state index in [-0.39, 0.29) is 31.6 Å². The van der Waals surface area contributed by atoms with Crippen LogP contribution in [0.3, 0.4) is 0 Å². The summed E-state index contributed by atoms with van der Waals surface area (Å²) in [5, 5.41) is 2.66. The normalized spacial score (nSPS) is 15.3. The maximum atomic E-state index is 16.1.